The lowest BCUT2D eigenvalue weighted by Crippen LogP contribution is -2.55. The normalized spacial score (nSPS) is 21.5. The molecule has 1 spiro atoms. The molecular formula is C24H23F3N4OS. The van der Waals surface area contributed by atoms with Gasteiger partial charge in [0, 0.05) is 29.1 Å². The minimum absolute atomic E-state index is 0.0616. The van der Waals surface area contributed by atoms with Gasteiger partial charge < -0.3 is 10.2 Å². The maximum atomic E-state index is 12.8. The van der Waals surface area contributed by atoms with Crippen LogP contribution in [0.15, 0.2) is 30.6 Å². The Labute approximate surface area is 193 Å². The van der Waals surface area contributed by atoms with Crippen LogP contribution in [0, 0.1) is 11.3 Å². The van der Waals surface area contributed by atoms with Crippen molar-refractivity contribution in [3.63, 3.8) is 0 Å². The summed E-state index contributed by atoms with van der Waals surface area (Å²) in [6.07, 6.45) is 1.28. The maximum absolute atomic E-state index is 12.8. The van der Waals surface area contributed by atoms with Crippen molar-refractivity contribution in [2.24, 2.45) is 11.3 Å². The number of carbonyl (C=O) groups excluding carboxylic acids is 1. The SMILES string of the molecule is O=C1Cc2cc(C[C@@H]3CCC4(C3)CN(c3ncnc5sc(CC(F)(F)F)cc35)C4)ccc2N1. The molecule has 1 amide bonds. The molecular weight excluding hydrogens is 449 g/mol. The highest BCUT2D eigenvalue weighted by Crippen LogP contribution is 2.51. The van der Waals surface area contributed by atoms with Crippen molar-refractivity contribution >= 4 is 39.0 Å². The average molecular weight is 473 g/mol. The van der Waals surface area contributed by atoms with Gasteiger partial charge in [0.05, 0.1) is 18.2 Å². The molecule has 2 fully saturated rings. The molecule has 1 aliphatic carbocycles. The highest BCUT2D eigenvalue weighted by molar-refractivity contribution is 7.18. The average Bonchev–Trinajstić information content (AvgIpc) is 3.40. The van der Waals surface area contributed by atoms with Crippen LogP contribution in [0.3, 0.4) is 0 Å². The number of amides is 1. The summed E-state index contributed by atoms with van der Waals surface area (Å²) in [7, 11) is 0. The zero-order valence-corrected chi connectivity index (χ0v) is 18.7. The van der Waals surface area contributed by atoms with Gasteiger partial charge in [0.15, 0.2) is 0 Å². The number of hydrogen-bond donors (Lipinski definition) is 1. The van der Waals surface area contributed by atoms with Crippen LogP contribution in [-0.2, 0) is 24.1 Å². The third-order valence-electron chi connectivity index (χ3n) is 7.21. The smallest absolute Gasteiger partial charge is 0.355 e. The summed E-state index contributed by atoms with van der Waals surface area (Å²) >= 11 is 1.10. The fraction of sp³-hybridized carbons (Fsp3) is 0.458. The molecule has 0 bridgehead atoms. The molecule has 1 saturated heterocycles. The summed E-state index contributed by atoms with van der Waals surface area (Å²) in [5.74, 6) is 1.43. The summed E-state index contributed by atoms with van der Waals surface area (Å²) in [6, 6.07) is 7.91. The van der Waals surface area contributed by atoms with Gasteiger partial charge in [-0.1, -0.05) is 12.1 Å². The summed E-state index contributed by atoms with van der Waals surface area (Å²) in [5, 5.41) is 3.61. The zero-order chi connectivity index (χ0) is 22.8. The highest BCUT2D eigenvalue weighted by atomic mass is 32.1. The van der Waals surface area contributed by atoms with Crippen molar-refractivity contribution in [1.82, 2.24) is 9.97 Å². The van der Waals surface area contributed by atoms with E-state index < -0.39 is 12.6 Å². The predicted octanol–water partition coefficient (Wildman–Crippen LogP) is 5.14. The number of alkyl halides is 3. The van der Waals surface area contributed by atoms with Crippen LogP contribution in [0.4, 0.5) is 24.7 Å². The standard InChI is InChI=1S/C24H23F3N4OS/c25-24(26,27)10-17-8-18-21(28-13-29-22(18)33-17)31-11-23(12-31)4-3-15(9-23)5-14-1-2-19-16(6-14)7-20(32)30-19/h1-2,6,8,13,15H,3-5,7,9-12H2,(H,30,32)/t15-/m0/s1. The number of benzene rings is 1. The summed E-state index contributed by atoms with van der Waals surface area (Å²) in [4.78, 5) is 23.3. The molecule has 1 atom stereocenters. The van der Waals surface area contributed by atoms with Crippen molar-refractivity contribution < 1.29 is 18.0 Å². The Bertz CT molecular complexity index is 1250. The van der Waals surface area contributed by atoms with Gasteiger partial charge in [0.2, 0.25) is 5.91 Å². The van der Waals surface area contributed by atoms with Crippen molar-refractivity contribution in [3.8, 4) is 0 Å². The third-order valence-corrected chi connectivity index (χ3v) is 8.25. The maximum Gasteiger partial charge on any atom is 0.393 e. The van der Waals surface area contributed by atoms with E-state index in [0.29, 0.717) is 17.2 Å². The van der Waals surface area contributed by atoms with E-state index in [2.05, 4.69) is 32.3 Å². The van der Waals surface area contributed by atoms with Crippen LogP contribution in [0.2, 0.25) is 0 Å². The van der Waals surface area contributed by atoms with Crippen molar-refractivity contribution in [2.75, 3.05) is 23.3 Å². The van der Waals surface area contributed by atoms with Crippen LogP contribution in [0.5, 0.6) is 0 Å². The lowest BCUT2D eigenvalue weighted by Gasteiger charge is -2.49. The molecule has 2 aliphatic heterocycles. The summed E-state index contributed by atoms with van der Waals surface area (Å²) in [6.45, 7) is 1.78. The van der Waals surface area contributed by atoms with E-state index in [1.807, 2.05) is 6.07 Å². The second-order valence-electron chi connectivity index (χ2n) is 9.81. The first-order valence-corrected chi connectivity index (χ1v) is 12.0. The molecule has 2 aromatic heterocycles. The number of halogens is 3. The van der Waals surface area contributed by atoms with Gasteiger partial charge in [0.25, 0.3) is 0 Å². The Kier molecular flexibility index (Phi) is 4.69. The Hall–Kier alpha value is -2.68. The van der Waals surface area contributed by atoms with Gasteiger partial charge in [-0.2, -0.15) is 13.2 Å². The molecule has 1 saturated carbocycles. The number of nitrogens with zero attached hydrogens (tertiary/aromatic N) is 3. The fourth-order valence-electron chi connectivity index (χ4n) is 5.87. The molecule has 33 heavy (non-hydrogen) atoms. The third kappa shape index (κ3) is 3.96. The first-order valence-electron chi connectivity index (χ1n) is 11.2. The van der Waals surface area contributed by atoms with Crippen molar-refractivity contribution in [1.29, 1.82) is 0 Å². The van der Waals surface area contributed by atoms with Crippen LogP contribution in [0.25, 0.3) is 10.2 Å². The molecule has 1 aromatic carbocycles. The molecule has 4 heterocycles. The number of thiophene rings is 1. The molecule has 3 aromatic rings. The molecule has 3 aliphatic rings. The van der Waals surface area contributed by atoms with Crippen molar-refractivity contribution in [3.05, 3.63) is 46.6 Å². The van der Waals surface area contributed by atoms with E-state index in [0.717, 1.165) is 66.1 Å². The van der Waals surface area contributed by atoms with Gasteiger partial charge in [-0.15, -0.1) is 11.3 Å². The minimum atomic E-state index is -4.22. The van der Waals surface area contributed by atoms with Crippen molar-refractivity contribution in [2.45, 2.75) is 44.7 Å². The van der Waals surface area contributed by atoms with Gasteiger partial charge in [-0.25, -0.2) is 9.97 Å². The quantitative estimate of drug-likeness (QED) is 0.571. The molecule has 9 heteroatoms. The lowest BCUT2D eigenvalue weighted by molar-refractivity contribution is -0.126. The Morgan fingerprint density at radius 3 is 2.88 bits per heavy atom. The van der Waals surface area contributed by atoms with E-state index in [1.54, 1.807) is 6.07 Å². The minimum Gasteiger partial charge on any atom is -0.355 e. The molecule has 172 valence electrons. The summed E-state index contributed by atoms with van der Waals surface area (Å²) in [5.41, 5.74) is 3.58. The Morgan fingerprint density at radius 2 is 2.06 bits per heavy atom. The predicted molar refractivity (Wildman–Crippen MR) is 122 cm³/mol. The second kappa shape index (κ2) is 7.41. The van der Waals surface area contributed by atoms with E-state index in [-0.39, 0.29) is 16.2 Å². The Balaban J connectivity index is 1.12. The number of fused-ring (bicyclic) bond motifs is 2. The first kappa shape index (κ1) is 20.9. The van der Waals surface area contributed by atoms with Crippen LogP contribution in [0.1, 0.15) is 35.3 Å². The van der Waals surface area contributed by atoms with E-state index >= 15 is 0 Å². The first-order chi connectivity index (χ1) is 15.8. The second-order valence-corrected chi connectivity index (χ2v) is 10.9. The van der Waals surface area contributed by atoms with Gasteiger partial charge >= 0.3 is 6.18 Å². The lowest BCUT2D eigenvalue weighted by atomic mass is 9.77. The molecule has 1 N–H and O–H groups in total. The molecule has 0 radical (unpaired) electrons. The number of hydrogen-bond acceptors (Lipinski definition) is 5. The van der Waals surface area contributed by atoms with E-state index in [1.165, 1.54) is 18.3 Å². The zero-order valence-electron chi connectivity index (χ0n) is 17.9. The van der Waals surface area contributed by atoms with E-state index in [4.69, 9.17) is 0 Å². The molecule has 6 rings (SSSR count). The largest absolute Gasteiger partial charge is 0.393 e. The topological polar surface area (TPSA) is 58.1 Å². The van der Waals surface area contributed by atoms with E-state index in [9.17, 15) is 18.0 Å². The van der Waals surface area contributed by atoms with Gasteiger partial charge in [-0.3, -0.25) is 4.79 Å². The Morgan fingerprint density at radius 1 is 1.21 bits per heavy atom. The molecule has 0 unspecified atom stereocenters. The van der Waals surface area contributed by atoms with Gasteiger partial charge in [-0.05, 0) is 54.9 Å². The van der Waals surface area contributed by atoms with Crippen LogP contribution in [-0.4, -0.2) is 35.1 Å². The number of anilines is 2. The number of aromatic nitrogens is 2. The van der Waals surface area contributed by atoms with Crippen LogP contribution >= 0.6 is 11.3 Å². The number of carbonyl (C=O) groups is 1. The van der Waals surface area contributed by atoms with Gasteiger partial charge in [0.1, 0.15) is 17.0 Å². The van der Waals surface area contributed by atoms with Crippen LogP contribution < -0.4 is 10.2 Å². The summed E-state index contributed by atoms with van der Waals surface area (Å²) < 4.78 is 38.5. The highest BCUT2D eigenvalue weighted by Gasteiger charge is 2.48. The fourth-order valence-corrected chi connectivity index (χ4v) is 6.90. The molecule has 5 nitrogen and oxygen atoms in total. The number of rotatable bonds is 4. The number of nitrogens with one attached hydrogen (secondary N) is 1. The monoisotopic (exact) mass is 472 g/mol.